The van der Waals surface area contributed by atoms with E-state index in [1.807, 2.05) is 30.3 Å². The summed E-state index contributed by atoms with van der Waals surface area (Å²) in [7, 11) is 0. The zero-order valence-electron chi connectivity index (χ0n) is 8.04. The van der Waals surface area contributed by atoms with Crippen LogP contribution in [-0.2, 0) is 18.5 Å². The minimum absolute atomic E-state index is 0.677. The molecule has 2 N–H and O–H groups in total. The summed E-state index contributed by atoms with van der Waals surface area (Å²) in [5, 5.41) is 1.09. The number of rotatable bonds is 0. The second-order valence-electron chi connectivity index (χ2n) is 2.65. The number of nitrogen functional groups attached to an aromatic ring is 1. The van der Waals surface area contributed by atoms with E-state index in [0.717, 1.165) is 16.6 Å². The molecule has 0 saturated carbocycles. The standard InChI is InChI=1S/C9H8N2.N3.Zn/c10-8-5-1-3-7-4-2-6-11-9(7)8;1-3-2;/h1-6H,10H2;;/q;-1;+1. The molecule has 0 atom stereocenters. The molecular formula is C9H8N5Zn. The van der Waals surface area contributed by atoms with Crippen molar-refractivity contribution in [3.63, 3.8) is 0 Å². The summed E-state index contributed by atoms with van der Waals surface area (Å²) in [4.78, 5) is 6.57. The maximum absolute atomic E-state index is 7.36. The van der Waals surface area contributed by atoms with Crippen molar-refractivity contribution in [3.8, 4) is 0 Å². The van der Waals surface area contributed by atoms with Gasteiger partial charge in [0, 0.05) is 11.6 Å². The van der Waals surface area contributed by atoms with Gasteiger partial charge in [0.25, 0.3) is 0 Å². The molecule has 0 aliphatic carbocycles. The van der Waals surface area contributed by atoms with Crippen molar-refractivity contribution in [1.82, 2.24) is 4.98 Å². The summed E-state index contributed by atoms with van der Waals surface area (Å²) in [6, 6.07) is 9.69. The van der Waals surface area contributed by atoms with E-state index in [2.05, 4.69) is 13.8 Å². The summed E-state index contributed by atoms with van der Waals surface area (Å²) < 4.78 is 3.04. The van der Waals surface area contributed by atoms with E-state index in [-0.39, 0.29) is 0 Å². The van der Waals surface area contributed by atoms with E-state index >= 15 is 0 Å². The first-order chi connectivity index (χ1) is 7.29. The Hall–Kier alpha value is -1.64. The van der Waals surface area contributed by atoms with E-state index < -0.39 is 0 Å². The fourth-order valence-electron chi connectivity index (χ4n) is 1.13. The van der Waals surface area contributed by atoms with Gasteiger partial charge in [-0.05, 0) is 12.1 Å². The normalized spacial score (nSPS) is 8.67. The van der Waals surface area contributed by atoms with Crippen molar-refractivity contribution in [3.05, 3.63) is 47.0 Å². The predicted molar refractivity (Wildman–Crippen MR) is 55.3 cm³/mol. The summed E-state index contributed by atoms with van der Waals surface area (Å²) in [5.41, 5.74) is 14.7. The molecule has 0 unspecified atom stereocenters. The third-order valence-electron chi connectivity index (χ3n) is 1.73. The molecule has 6 heteroatoms. The Balaban J connectivity index is 0.000000245. The SMILES string of the molecule is Nc1cccc2cccnc12.[N-]=[N+]=[N][Zn]. The molecule has 71 valence electrons. The van der Waals surface area contributed by atoms with Gasteiger partial charge < -0.3 is 5.73 Å². The van der Waals surface area contributed by atoms with Gasteiger partial charge in [0.1, 0.15) is 0 Å². The van der Waals surface area contributed by atoms with Crippen molar-refractivity contribution in [1.29, 1.82) is 0 Å². The Kier molecular flexibility index (Phi) is 4.55. The monoisotopic (exact) mass is 250 g/mol. The number of aromatic nitrogens is 1. The van der Waals surface area contributed by atoms with Gasteiger partial charge in [-0.1, -0.05) is 18.2 Å². The number of para-hydroxylation sites is 1. The number of hydrogen-bond donors (Lipinski definition) is 1. The van der Waals surface area contributed by atoms with Crippen LogP contribution >= 0.6 is 0 Å². The van der Waals surface area contributed by atoms with E-state index in [1.54, 1.807) is 6.20 Å². The van der Waals surface area contributed by atoms with Gasteiger partial charge in [0.05, 0.1) is 11.2 Å². The van der Waals surface area contributed by atoms with Crippen LogP contribution in [0.5, 0.6) is 0 Å². The summed E-state index contributed by atoms with van der Waals surface area (Å²) >= 11 is 0.677. The summed E-state index contributed by atoms with van der Waals surface area (Å²) in [5.74, 6) is 0. The summed E-state index contributed by atoms with van der Waals surface area (Å²) in [6.07, 6.45) is 1.75. The van der Waals surface area contributed by atoms with Crippen LogP contribution in [0.3, 0.4) is 0 Å². The average molecular weight is 252 g/mol. The van der Waals surface area contributed by atoms with E-state index in [4.69, 9.17) is 11.3 Å². The van der Waals surface area contributed by atoms with Gasteiger partial charge in [0.15, 0.2) is 0 Å². The molecule has 2 aromatic rings. The summed E-state index contributed by atoms with van der Waals surface area (Å²) in [6.45, 7) is 0. The molecule has 0 saturated heterocycles. The topological polar surface area (TPSA) is 87.7 Å². The molecule has 15 heavy (non-hydrogen) atoms. The number of fused-ring (bicyclic) bond motifs is 1. The molecule has 0 amide bonds. The van der Waals surface area contributed by atoms with Crippen molar-refractivity contribution >= 4 is 16.6 Å². The molecule has 1 heterocycles. The van der Waals surface area contributed by atoms with Crippen LogP contribution in [0.25, 0.3) is 21.3 Å². The Morgan fingerprint density at radius 2 is 2.00 bits per heavy atom. The van der Waals surface area contributed by atoms with Crippen LogP contribution in [0, 0.1) is 0 Å². The van der Waals surface area contributed by atoms with Crippen LogP contribution in [0.4, 0.5) is 5.69 Å². The molecule has 0 aliphatic heterocycles. The number of pyridine rings is 1. The van der Waals surface area contributed by atoms with Gasteiger partial charge >= 0.3 is 32.8 Å². The third kappa shape index (κ3) is 3.20. The number of anilines is 1. The molecular weight excluding hydrogens is 244 g/mol. The van der Waals surface area contributed by atoms with Gasteiger partial charge in [0.2, 0.25) is 0 Å². The number of azide groups is 1. The zero-order valence-corrected chi connectivity index (χ0v) is 11.0. The fourth-order valence-corrected chi connectivity index (χ4v) is 1.13. The second-order valence-corrected chi connectivity index (χ2v) is 3.25. The molecule has 0 fully saturated rings. The zero-order chi connectivity index (χ0) is 11.1. The molecule has 1 aromatic heterocycles. The number of nitrogens with zero attached hydrogens (tertiary/aromatic N) is 4. The van der Waals surface area contributed by atoms with Crippen LogP contribution in [0.2, 0.25) is 0 Å². The molecule has 5 nitrogen and oxygen atoms in total. The van der Waals surface area contributed by atoms with Crippen LogP contribution < -0.4 is 5.73 Å². The van der Waals surface area contributed by atoms with Crippen molar-refractivity contribution in [2.75, 3.05) is 5.73 Å². The Morgan fingerprint density at radius 1 is 1.33 bits per heavy atom. The first-order valence-corrected chi connectivity index (χ1v) is 5.51. The molecule has 0 aliphatic rings. The minimum atomic E-state index is 0.677. The Morgan fingerprint density at radius 3 is 2.60 bits per heavy atom. The first kappa shape index (κ1) is 11.4. The second kappa shape index (κ2) is 5.96. The molecule has 1 aromatic carbocycles. The maximum atomic E-state index is 7.36. The molecule has 2 rings (SSSR count). The van der Waals surface area contributed by atoms with E-state index in [9.17, 15) is 0 Å². The number of benzene rings is 1. The van der Waals surface area contributed by atoms with Crippen molar-refractivity contribution in [2.24, 2.45) is 3.86 Å². The van der Waals surface area contributed by atoms with E-state index in [0.29, 0.717) is 18.5 Å². The number of nitrogens with two attached hydrogens (primary N) is 1. The quantitative estimate of drug-likeness (QED) is 0.256. The average Bonchev–Trinajstić information content (AvgIpc) is 2.30. The Labute approximate surface area is 96.9 Å². The third-order valence-corrected chi connectivity index (χ3v) is 1.99. The Bertz CT molecular complexity index is 487. The van der Waals surface area contributed by atoms with Crippen molar-refractivity contribution in [2.45, 2.75) is 0 Å². The number of hydrogen-bond acceptors (Lipinski definition) is 3. The predicted octanol–water partition coefficient (Wildman–Crippen LogP) is 2.58. The first-order valence-electron chi connectivity index (χ1n) is 4.19. The molecule has 0 spiro atoms. The van der Waals surface area contributed by atoms with Gasteiger partial charge in [-0.25, -0.2) is 0 Å². The van der Waals surface area contributed by atoms with Gasteiger partial charge in [-0.15, -0.1) is 0 Å². The van der Waals surface area contributed by atoms with Gasteiger partial charge in [-0.2, -0.15) is 0 Å². The molecule has 0 bridgehead atoms. The van der Waals surface area contributed by atoms with E-state index in [1.165, 1.54) is 0 Å². The van der Waals surface area contributed by atoms with Gasteiger partial charge in [-0.3, -0.25) is 4.98 Å². The van der Waals surface area contributed by atoms with Crippen LogP contribution in [-0.4, -0.2) is 4.98 Å². The van der Waals surface area contributed by atoms with Crippen molar-refractivity contribution < 1.29 is 18.5 Å². The molecule has 0 radical (unpaired) electrons. The fraction of sp³-hybridized carbons (Fsp3) is 0. The van der Waals surface area contributed by atoms with Crippen LogP contribution in [0.15, 0.2) is 40.4 Å². The van der Waals surface area contributed by atoms with Crippen LogP contribution in [0.1, 0.15) is 0 Å².